The van der Waals surface area contributed by atoms with Gasteiger partial charge in [0.05, 0.1) is 0 Å². The number of halogens is 1. The predicted octanol–water partition coefficient (Wildman–Crippen LogP) is 4.07. The van der Waals surface area contributed by atoms with Crippen LogP contribution in [0.15, 0.2) is 64.2 Å². The van der Waals surface area contributed by atoms with Gasteiger partial charge in [0.2, 0.25) is 0 Å². The lowest BCUT2D eigenvalue weighted by atomic mass is 10.0. The van der Waals surface area contributed by atoms with E-state index in [1.807, 2.05) is 18.2 Å². The van der Waals surface area contributed by atoms with Crippen molar-refractivity contribution in [2.45, 2.75) is 45.2 Å². The number of aliphatic imine (C=N–C) groups is 1. The van der Waals surface area contributed by atoms with Crippen LogP contribution in [0.25, 0.3) is 11.6 Å². The number of likely N-dealkylation sites (tertiary alicyclic amines) is 1. The number of benzene rings is 1. The Labute approximate surface area is 218 Å². The Morgan fingerprint density at radius 2 is 1.91 bits per heavy atom. The molecule has 0 amide bonds. The Kier molecular flexibility index (Phi) is 10.3. The molecule has 182 valence electrons. The number of nitrogens with zero attached hydrogens (tertiary/aromatic N) is 5. The van der Waals surface area contributed by atoms with E-state index in [0.29, 0.717) is 42.5 Å². The van der Waals surface area contributed by atoms with Crippen LogP contribution < -0.4 is 10.6 Å². The normalized spacial score (nSPS) is 16.0. The summed E-state index contributed by atoms with van der Waals surface area (Å²) < 4.78 is 5.33. The van der Waals surface area contributed by atoms with Crippen molar-refractivity contribution >= 4 is 29.9 Å². The summed E-state index contributed by atoms with van der Waals surface area (Å²) in [7, 11) is 0. The van der Waals surface area contributed by atoms with Crippen LogP contribution in [-0.4, -0.2) is 58.2 Å². The Balaban J connectivity index is 0.00000324. The smallest absolute Gasteiger partial charge is 0.276 e. The Bertz CT molecular complexity index is 1000. The highest BCUT2D eigenvalue weighted by Crippen LogP contribution is 2.24. The van der Waals surface area contributed by atoms with Crippen LogP contribution in [0.1, 0.15) is 44.1 Å². The van der Waals surface area contributed by atoms with Gasteiger partial charge < -0.3 is 15.2 Å². The van der Waals surface area contributed by atoms with E-state index in [1.54, 1.807) is 6.20 Å². The minimum atomic E-state index is 0. The average Bonchev–Trinajstić information content (AvgIpc) is 3.34. The number of piperidine rings is 1. The first kappa shape index (κ1) is 26.1. The Morgan fingerprint density at radius 1 is 1.15 bits per heavy atom. The van der Waals surface area contributed by atoms with E-state index in [2.05, 4.69) is 74.8 Å². The van der Waals surface area contributed by atoms with Gasteiger partial charge in [-0.15, -0.1) is 24.0 Å². The van der Waals surface area contributed by atoms with Crippen LogP contribution in [0.5, 0.6) is 0 Å². The Morgan fingerprint density at radius 3 is 2.62 bits per heavy atom. The number of hydrogen-bond donors (Lipinski definition) is 2. The molecular formula is C25H34IN7O. The fourth-order valence-corrected chi connectivity index (χ4v) is 4.10. The van der Waals surface area contributed by atoms with Crippen molar-refractivity contribution in [1.82, 2.24) is 30.7 Å². The van der Waals surface area contributed by atoms with Gasteiger partial charge >= 0.3 is 0 Å². The molecule has 1 unspecified atom stereocenters. The standard InChI is InChI=1S/C25H33N7O.HI/c1-3-26-25(28-16-12-23-30-24(33-31-23)22-11-7-8-15-27-22)29-21-13-17-32(18-14-21)19(2)20-9-5-4-6-10-20;/h4-11,15,19,21H,3,12-14,16-18H2,1-2H3,(H2,26,28,29);1H. The van der Waals surface area contributed by atoms with Gasteiger partial charge in [-0.1, -0.05) is 41.6 Å². The lowest BCUT2D eigenvalue weighted by Gasteiger charge is -2.37. The molecule has 3 heterocycles. The number of aromatic nitrogens is 3. The van der Waals surface area contributed by atoms with Crippen molar-refractivity contribution in [3.05, 3.63) is 66.1 Å². The number of nitrogens with one attached hydrogen (secondary N) is 2. The third kappa shape index (κ3) is 7.23. The van der Waals surface area contributed by atoms with Gasteiger partial charge in [0.1, 0.15) is 5.69 Å². The summed E-state index contributed by atoms with van der Waals surface area (Å²) in [6, 6.07) is 17.2. The molecule has 2 N–H and O–H groups in total. The van der Waals surface area contributed by atoms with E-state index in [1.165, 1.54) is 5.56 Å². The van der Waals surface area contributed by atoms with E-state index in [4.69, 9.17) is 9.52 Å². The van der Waals surface area contributed by atoms with Crippen LogP contribution in [-0.2, 0) is 6.42 Å². The molecule has 2 aromatic heterocycles. The molecule has 8 nitrogen and oxygen atoms in total. The summed E-state index contributed by atoms with van der Waals surface area (Å²) in [6.07, 6.45) is 4.52. The molecule has 1 atom stereocenters. The number of hydrogen-bond acceptors (Lipinski definition) is 6. The maximum atomic E-state index is 5.33. The fraction of sp³-hybridized carbons (Fsp3) is 0.440. The Hall–Kier alpha value is -2.53. The highest BCUT2D eigenvalue weighted by Gasteiger charge is 2.24. The molecule has 1 aliphatic heterocycles. The zero-order valence-corrected chi connectivity index (χ0v) is 22.2. The van der Waals surface area contributed by atoms with Crippen molar-refractivity contribution in [2.75, 3.05) is 26.2 Å². The van der Waals surface area contributed by atoms with Crippen molar-refractivity contribution in [3.63, 3.8) is 0 Å². The zero-order valence-electron chi connectivity index (χ0n) is 19.9. The maximum Gasteiger partial charge on any atom is 0.276 e. The topological polar surface area (TPSA) is 91.5 Å². The molecule has 1 fully saturated rings. The second-order valence-electron chi connectivity index (χ2n) is 8.28. The molecule has 3 aromatic rings. The number of pyridine rings is 1. The number of guanidine groups is 1. The molecule has 1 aliphatic rings. The minimum Gasteiger partial charge on any atom is -0.357 e. The highest BCUT2D eigenvalue weighted by molar-refractivity contribution is 14.0. The predicted molar refractivity (Wildman–Crippen MR) is 145 cm³/mol. The van der Waals surface area contributed by atoms with Gasteiger partial charge in [0.15, 0.2) is 11.8 Å². The summed E-state index contributed by atoms with van der Waals surface area (Å²) in [5.74, 6) is 1.93. The molecule has 0 radical (unpaired) electrons. The highest BCUT2D eigenvalue weighted by atomic mass is 127. The summed E-state index contributed by atoms with van der Waals surface area (Å²) >= 11 is 0. The summed E-state index contributed by atoms with van der Waals surface area (Å²) in [5, 5.41) is 11.0. The quantitative estimate of drug-likeness (QED) is 0.238. The van der Waals surface area contributed by atoms with Gasteiger partial charge in [0, 0.05) is 50.9 Å². The van der Waals surface area contributed by atoms with Crippen LogP contribution >= 0.6 is 24.0 Å². The van der Waals surface area contributed by atoms with Crippen molar-refractivity contribution in [3.8, 4) is 11.6 Å². The first-order valence-corrected chi connectivity index (χ1v) is 11.8. The van der Waals surface area contributed by atoms with E-state index < -0.39 is 0 Å². The monoisotopic (exact) mass is 575 g/mol. The lowest BCUT2D eigenvalue weighted by molar-refractivity contribution is 0.158. The van der Waals surface area contributed by atoms with E-state index in [-0.39, 0.29) is 24.0 Å². The van der Waals surface area contributed by atoms with Crippen LogP contribution in [0.4, 0.5) is 0 Å². The molecule has 1 aromatic carbocycles. The zero-order chi connectivity index (χ0) is 22.9. The third-order valence-corrected chi connectivity index (χ3v) is 6.00. The van der Waals surface area contributed by atoms with Crippen LogP contribution in [0, 0.1) is 0 Å². The molecule has 0 aliphatic carbocycles. The second kappa shape index (κ2) is 13.4. The van der Waals surface area contributed by atoms with Gasteiger partial charge in [-0.3, -0.25) is 14.9 Å². The van der Waals surface area contributed by atoms with E-state index >= 15 is 0 Å². The van der Waals surface area contributed by atoms with E-state index in [9.17, 15) is 0 Å². The molecular weight excluding hydrogens is 541 g/mol. The van der Waals surface area contributed by atoms with Crippen LogP contribution in [0.3, 0.4) is 0 Å². The first-order chi connectivity index (χ1) is 16.2. The molecule has 34 heavy (non-hydrogen) atoms. The SMILES string of the molecule is CCNC(=NCCc1noc(-c2ccccn2)n1)NC1CCN(C(C)c2ccccc2)CC1.I. The summed E-state index contributed by atoms with van der Waals surface area (Å²) in [6.45, 7) is 7.94. The minimum absolute atomic E-state index is 0. The van der Waals surface area contributed by atoms with Crippen LogP contribution in [0.2, 0.25) is 0 Å². The second-order valence-corrected chi connectivity index (χ2v) is 8.28. The molecule has 0 saturated carbocycles. The first-order valence-electron chi connectivity index (χ1n) is 11.8. The van der Waals surface area contributed by atoms with E-state index in [0.717, 1.165) is 38.4 Å². The van der Waals surface area contributed by atoms with Gasteiger partial charge in [-0.2, -0.15) is 4.98 Å². The molecule has 4 rings (SSSR count). The molecule has 9 heteroatoms. The van der Waals surface area contributed by atoms with Crippen molar-refractivity contribution in [1.29, 1.82) is 0 Å². The average molecular weight is 575 g/mol. The molecule has 1 saturated heterocycles. The lowest BCUT2D eigenvalue weighted by Crippen LogP contribution is -2.49. The number of rotatable bonds is 8. The molecule has 0 bridgehead atoms. The largest absolute Gasteiger partial charge is 0.357 e. The third-order valence-electron chi connectivity index (χ3n) is 6.00. The maximum absolute atomic E-state index is 5.33. The van der Waals surface area contributed by atoms with Gasteiger partial charge in [-0.05, 0) is 44.4 Å². The summed E-state index contributed by atoms with van der Waals surface area (Å²) in [4.78, 5) is 16.0. The molecule has 0 spiro atoms. The van der Waals surface area contributed by atoms with Crippen molar-refractivity contribution < 1.29 is 4.52 Å². The fourth-order valence-electron chi connectivity index (χ4n) is 4.10. The van der Waals surface area contributed by atoms with Crippen molar-refractivity contribution in [2.24, 2.45) is 4.99 Å². The summed E-state index contributed by atoms with van der Waals surface area (Å²) in [5.41, 5.74) is 2.06. The van der Waals surface area contributed by atoms with Gasteiger partial charge in [0.25, 0.3) is 5.89 Å². The van der Waals surface area contributed by atoms with Gasteiger partial charge in [-0.25, -0.2) is 0 Å².